The Morgan fingerprint density at radius 3 is 2.15 bits per heavy atom. The number of rotatable bonds is 9. The second-order valence-corrected chi connectivity index (χ2v) is 17.1. The van der Waals surface area contributed by atoms with Crippen molar-refractivity contribution in [1.29, 1.82) is 0 Å². The molecule has 34 heavy (non-hydrogen) atoms. The first-order chi connectivity index (χ1) is 15.7. The van der Waals surface area contributed by atoms with E-state index in [4.69, 9.17) is 7.59 Å². The molecule has 0 aliphatic carbocycles. The third kappa shape index (κ3) is 7.48. The molecule has 0 saturated heterocycles. The molecule has 179 valence electrons. The summed E-state index contributed by atoms with van der Waals surface area (Å²) in [5.41, 5.74) is 7.37. The molecule has 0 aliphatic rings. The number of aryl methyl sites for hydroxylation is 1. The summed E-state index contributed by atoms with van der Waals surface area (Å²) >= 11 is -2.09. The summed E-state index contributed by atoms with van der Waals surface area (Å²) in [5, 5.41) is 0. The van der Waals surface area contributed by atoms with E-state index in [9.17, 15) is 0 Å². The number of anilines is 2. The predicted molar refractivity (Wildman–Crippen MR) is 138 cm³/mol. The maximum atomic E-state index is 6.75. The minimum Gasteiger partial charge on any atom is 0 e. The first-order valence-electron chi connectivity index (χ1n) is 11.8. The molecule has 0 radical (unpaired) electrons. The Morgan fingerprint density at radius 2 is 1.53 bits per heavy atom. The smallest absolute Gasteiger partial charge is 0 e. The van der Waals surface area contributed by atoms with Crippen LogP contribution in [0.5, 0.6) is 5.75 Å². The molecule has 0 fully saturated rings. The van der Waals surface area contributed by atoms with Gasteiger partial charge in [-0.25, -0.2) is 0 Å². The summed E-state index contributed by atoms with van der Waals surface area (Å²) in [6, 6.07) is 24.0. The Morgan fingerprint density at radius 1 is 0.882 bits per heavy atom. The Bertz CT molecular complexity index is 1050. The molecular weight excluding hydrogens is 664 g/mol. The topological polar surface area (TPSA) is 21.7 Å². The predicted octanol–water partition coefficient (Wildman–Crippen LogP) is 8.14. The average molecular weight is 702 g/mol. The van der Waals surface area contributed by atoms with Crippen LogP contribution in [0, 0.1) is 6.92 Å². The van der Waals surface area contributed by atoms with Crippen LogP contribution in [0.4, 0.5) is 11.4 Å². The van der Waals surface area contributed by atoms with Gasteiger partial charge in [0.05, 0.1) is 0 Å². The molecule has 5 heteroatoms. The van der Waals surface area contributed by atoms with Crippen LogP contribution >= 0.6 is 0 Å². The Balaban J connectivity index is 0.00000408. The summed E-state index contributed by atoms with van der Waals surface area (Å²) in [7, 11) is 1.77. The van der Waals surface area contributed by atoms with Crippen molar-refractivity contribution in [1.82, 2.24) is 0 Å². The summed E-state index contributed by atoms with van der Waals surface area (Å²) in [6.45, 7) is 10.6. The number of hydrogen-bond acceptors (Lipinski definition) is 3. The minimum absolute atomic E-state index is 0. The molecule has 0 unspecified atom stereocenters. The molecule has 3 rings (SSSR count). The van der Waals surface area contributed by atoms with Crippen molar-refractivity contribution in [3.05, 3.63) is 77.9 Å². The Hall–Kier alpha value is -1.03. The van der Waals surface area contributed by atoms with Gasteiger partial charge in [-0.1, -0.05) is 0 Å². The van der Waals surface area contributed by atoms with E-state index >= 15 is 0 Å². The molecule has 0 bridgehead atoms. The van der Waals surface area contributed by atoms with Crippen molar-refractivity contribution in [2.24, 2.45) is 0 Å². The van der Waals surface area contributed by atoms with Gasteiger partial charge in [0.15, 0.2) is 0 Å². The number of hydrogen-bond donors (Lipinski definition) is 0. The number of benzene rings is 3. The molecule has 3 aromatic carbocycles. The van der Waals surface area contributed by atoms with Crippen LogP contribution in [0.15, 0.2) is 66.7 Å². The SMILES string of the molecule is COCCCN(c1ccccc1-c1ccccc1)c1cc(C)cc(C(C)(C)C)c1[O][Hf]([CH3])[CH3].[Zr]. The first kappa shape index (κ1) is 29.2. The fraction of sp³-hybridized carbons (Fsp3) is 0.379. The van der Waals surface area contributed by atoms with E-state index in [1.54, 1.807) is 7.11 Å². The molecule has 0 aromatic heterocycles. The molecular formula is C29H38HfNO2Zr. The summed E-state index contributed by atoms with van der Waals surface area (Å²) < 4.78 is 16.8. The molecule has 0 atom stereocenters. The molecule has 0 saturated carbocycles. The Kier molecular flexibility index (Phi) is 11.4. The maximum absolute atomic E-state index is 6.75. The van der Waals surface area contributed by atoms with Gasteiger partial charge in [0.25, 0.3) is 0 Å². The van der Waals surface area contributed by atoms with Crippen LogP contribution in [0.1, 0.15) is 38.3 Å². The van der Waals surface area contributed by atoms with Crippen LogP contribution in [0.25, 0.3) is 11.1 Å². The van der Waals surface area contributed by atoms with Gasteiger partial charge in [-0.15, -0.1) is 0 Å². The molecule has 0 N–H and O–H groups in total. The second-order valence-electron chi connectivity index (χ2n) is 9.80. The van der Waals surface area contributed by atoms with Crippen LogP contribution in [0.2, 0.25) is 9.36 Å². The zero-order chi connectivity index (χ0) is 24.0. The number of nitrogens with zero attached hydrogens (tertiary/aromatic N) is 1. The van der Waals surface area contributed by atoms with E-state index in [2.05, 4.69) is 109 Å². The quantitative estimate of drug-likeness (QED) is 0.166. The van der Waals surface area contributed by atoms with Crippen molar-refractivity contribution >= 4 is 11.4 Å². The molecule has 3 nitrogen and oxygen atoms in total. The average Bonchev–Trinajstić information content (AvgIpc) is 2.77. The first-order valence-corrected chi connectivity index (χ1v) is 20.4. The van der Waals surface area contributed by atoms with Crippen LogP contribution in [-0.4, -0.2) is 20.3 Å². The maximum Gasteiger partial charge on any atom is 0 e. The number of para-hydroxylation sites is 1. The number of methoxy groups -OCH3 is 1. The standard InChI is InChI=1S/C27H33NO2.2CH3.Hf.Zr/c1-20-18-23(27(2,3)4)26(29)25(19-20)28(16-11-17-30-5)24-15-10-9-14-22(24)21-12-7-6-8-13-21;;;;/h6-10,12-15,18-19,29H,11,16-17H2,1-5H3;2*1H3;;/q;;;+1;/p-1. The summed E-state index contributed by atoms with van der Waals surface area (Å²) in [6.07, 6.45) is 0.934. The summed E-state index contributed by atoms with van der Waals surface area (Å²) in [5.74, 6) is 1.07. The zero-order valence-corrected chi connectivity index (χ0v) is 27.8. The summed E-state index contributed by atoms with van der Waals surface area (Å²) in [4.78, 5) is 2.45. The van der Waals surface area contributed by atoms with E-state index in [1.165, 1.54) is 33.6 Å². The number of ether oxygens (including phenoxy) is 1. The van der Waals surface area contributed by atoms with Gasteiger partial charge >= 0.3 is 210 Å². The van der Waals surface area contributed by atoms with Gasteiger partial charge < -0.3 is 0 Å². The van der Waals surface area contributed by atoms with E-state index in [0.29, 0.717) is 0 Å². The third-order valence-corrected chi connectivity index (χ3v) is 7.83. The van der Waals surface area contributed by atoms with Crippen molar-refractivity contribution < 1.29 is 55.7 Å². The van der Waals surface area contributed by atoms with Gasteiger partial charge in [-0.3, -0.25) is 0 Å². The van der Waals surface area contributed by atoms with Crippen molar-refractivity contribution in [3.8, 4) is 16.9 Å². The third-order valence-electron chi connectivity index (χ3n) is 5.63. The van der Waals surface area contributed by atoms with E-state index in [-0.39, 0.29) is 31.6 Å². The van der Waals surface area contributed by atoms with Crippen molar-refractivity contribution in [2.75, 3.05) is 25.2 Å². The van der Waals surface area contributed by atoms with Crippen LogP contribution in [-0.2, 0) is 58.2 Å². The molecule has 3 aromatic rings. The van der Waals surface area contributed by atoms with Gasteiger partial charge in [-0.05, 0) is 0 Å². The normalized spacial score (nSPS) is 11.0. The van der Waals surface area contributed by atoms with Crippen molar-refractivity contribution in [3.63, 3.8) is 0 Å². The molecule has 0 spiro atoms. The van der Waals surface area contributed by atoms with E-state index in [1.807, 2.05) is 0 Å². The van der Waals surface area contributed by atoms with Gasteiger partial charge in [0.1, 0.15) is 0 Å². The van der Waals surface area contributed by atoms with Crippen LogP contribution in [0.3, 0.4) is 0 Å². The second kappa shape index (κ2) is 13.3. The molecule has 0 aliphatic heterocycles. The molecule has 0 amide bonds. The minimum atomic E-state index is -2.09. The fourth-order valence-electron chi connectivity index (χ4n) is 4.13. The van der Waals surface area contributed by atoms with E-state index < -0.39 is 21.9 Å². The zero-order valence-electron chi connectivity index (χ0n) is 21.7. The fourth-order valence-corrected chi connectivity index (χ4v) is 6.37. The van der Waals surface area contributed by atoms with Gasteiger partial charge in [0, 0.05) is 26.2 Å². The largest absolute Gasteiger partial charge is 0 e. The van der Waals surface area contributed by atoms with E-state index in [0.717, 1.165) is 25.3 Å². The van der Waals surface area contributed by atoms with Gasteiger partial charge in [-0.2, -0.15) is 0 Å². The van der Waals surface area contributed by atoms with Crippen LogP contribution < -0.4 is 7.75 Å². The van der Waals surface area contributed by atoms with Gasteiger partial charge in [0.2, 0.25) is 0 Å². The molecule has 0 heterocycles. The van der Waals surface area contributed by atoms with Crippen molar-refractivity contribution in [2.45, 2.75) is 48.9 Å². The Labute approximate surface area is 234 Å². The monoisotopic (exact) mass is 702 g/mol.